The fourth-order valence-corrected chi connectivity index (χ4v) is 3.79. The largest absolute Gasteiger partial charge is 0.497 e. The predicted molar refractivity (Wildman–Crippen MR) is 115 cm³/mol. The molecule has 0 fully saturated rings. The van der Waals surface area contributed by atoms with Crippen LogP contribution in [0.5, 0.6) is 11.5 Å². The maximum Gasteiger partial charge on any atom is 0.283 e. The summed E-state index contributed by atoms with van der Waals surface area (Å²) < 4.78 is 16.4. The van der Waals surface area contributed by atoms with Crippen molar-refractivity contribution < 1.29 is 14.2 Å². The van der Waals surface area contributed by atoms with Crippen molar-refractivity contribution in [2.45, 2.75) is 12.5 Å². The molecule has 0 bridgehead atoms. The number of ether oxygens (including phenoxy) is 3. The Hall–Kier alpha value is -3.47. The third-order valence-corrected chi connectivity index (χ3v) is 5.35. The number of nitrogens with two attached hydrogens (primary N) is 1. The zero-order chi connectivity index (χ0) is 20.4. The first-order chi connectivity index (χ1) is 14.1. The van der Waals surface area contributed by atoms with E-state index < -0.39 is 5.54 Å². The van der Waals surface area contributed by atoms with Crippen molar-refractivity contribution >= 4 is 6.02 Å². The van der Waals surface area contributed by atoms with Gasteiger partial charge in [0.1, 0.15) is 18.1 Å². The van der Waals surface area contributed by atoms with Gasteiger partial charge >= 0.3 is 0 Å². The number of rotatable bonds is 5. The van der Waals surface area contributed by atoms with Crippen LogP contribution in [0.15, 0.2) is 71.7 Å². The Labute approximate surface area is 170 Å². The molecule has 3 aromatic rings. The highest BCUT2D eigenvalue weighted by Crippen LogP contribution is 2.40. The van der Waals surface area contributed by atoms with E-state index in [4.69, 9.17) is 24.9 Å². The molecule has 29 heavy (non-hydrogen) atoms. The Kier molecular flexibility index (Phi) is 4.89. The minimum absolute atomic E-state index is 0.199. The minimum Gasteiger partial charge on any atom is -0.497 e. The summed E-state index contributed by atoms with van der Waals surface area (Å²) in [6.07, 6.45) is 0. The third kappa shape index (κ3) is 3.40. The molecule has 4 rings (SSSR count). The van der Waals surface area contributed by atoms with Gasteiger partial charge in [-0.3, -0.25) is 0 Å². The van der Waals surface area contributed by atoms with Crippen LogP contribution in [0.1, 0.15) is 16.7 Å². The van der Waals surface area contributed by atoms with Crippen LogP contribution in [0.4, 0.5) is 0 Å². The Morgan fingerprint density at radius 1 is 0.897 bits per heavy atom. The van der Waals surface area contributed by atoms with Gasteiger partial charge in [0, 0.05) is 0 Å². The summed E-state index contributed by atoms with van der Waals surface area (Å²) in [5, 5.41) is 0. The van der Waals surface area contributed by atoms with E-state index in [0.29, 0.717) is 6.61 Å². The molecular formula is C24H24N2O3. The molecule has 0 spiro atoms. The van der Waals surface area contributed by atoms with E-state index >= 15 is 0 Å². The Bertz CT molecular complexity index is 1080. The fourth-order valence-electron chi connectivity index (χ4n) is 3.79. The Morgan fingerprint density at radius 3 is 2.28 bits per heavy atom. The molecule has 2 N–H and O–H groups in total. The van der Waals surface area contributed by atoms with Crippen LogP contribution >= 0.6 is 0 Å². The number of methoxy groups -OCH3 is 2. The van der Waals surface area contributed by atoms with Crippen LogP contribution in [-0.2, 0) is 10.3 Å². The average molecular weight is 388 g/mol. The van der Waals surface area contributed by atoms with Gasteiger partial charge in [0.05, 0.1) is 14.2 Å². The molecule has 1 atom stereocenters. The molecule has 148 valence electrons. The average Bonchev–Trinajstić information content (AvgIpc) is 3.17. The standard InChI is InChI=1S/C24H24N2O3/c1-16-12-20(10-11-22(16)28-3)24(15-29-23(25)26-24)19-8-4-6-17(13-19)18-7-5-9-21(14-18)27-2/h4-14H,15H2,1-3H3,(H2,25,26). The van der Waals surface area contributed by atoms with Gasteiger partial charge < -0.3 is 19.9 Å². The molecule has 1 heterocycles. The molecule has 0 saturated heterocycles. The lowest BCUT2D eigenvalue weighted by molar-refractivity contribution is 0.278. The van der Waals surface area contributed by atoms with E-state index in [1.807, 2.05) is 43.3 Å². The number of benzene rings is 3. The molecule has 0 amide bonds. The van der Waals surface area contributed by atoms with Crippen LogP contribution in [0.2, 0.25) is 0 Å². The Balaban J connectivity index is 1.84. The van der Waals surface area contributed by atoms with E-state index in [9.17, 15) is 0 Å². The van der Waals surface area contributed by atoms with E-state index in [2.05, 4.69) is 30.3 Å². The number of hydrogen-bond acceptors (Lipinski definition) is 5. The normalized spacial score (nSPS) is 18.1. The molecule has 0 aliphatic carbocycles. The second-order valence-corrected chi connectivity index (χ2v) is 7.10. The number of nitrogens with zero attached hydrogens (tertiary/aromatic N) is 1. The molecule has 0 aromatic heterocycles. The van der Waals surface area contributed by atoms with Crippen LogP contribution in [0.3, 0.4) is 0 Å². The van der Waals surface area contributed by atoms with Crippen molar-refractivity contribution in [3.63, 3.8) is 0 Å². The summed E-state index contributed by atoms with van der Waals surface area (Å²) in [7, 11) is 3.34. The summed E-state index contributed by atoms with van der Waals surface area (Å²) in [5.74, 6) is 1.66. The topological polar surface area (TPSA) is 66.1 Å². The number of aryl methyl sites for hydroxylation is 1. The lowest BCUT2D eigenvalue weighted by atomic mass is 9.82. The van der Waals surface area contributed by atoms with Crippen molar-refractivity contribution in [3.8, 4) is 22.6 Å². The van der Waals surface area contributed by atoms with Gasteiger partial charge in [0.2, 0.25) is 0 Å². The van der Waals surface area contributed by atoms with Crippen molar-refractivity contribution in [3.05, 3.63) is 83.4 Å². The van der Waals surface area contributed by atoms with Gasteiger partial charge in [-0.25, -0.2) is 4.99 Å². The first-order valence-electron chi connectivity index (χ1n) is 9.44. The van der Waals surface area contributed by atoms with Crippen molar-refractivity contribution in [2.75, 3.05) is 20.8 Å². The molecule has 1 aliphatic heterocycles. The summed E-state index contributed by atoms with van der Waals surface area (Å²) in [6, 6.07) is 22.6. The highest BCUT2D eigenvalue weighted by Gasteiger charge is 2.40. The number of hydrogen-bond donors (Lipinski definition) is 1. The van der Waals surface area contributed by atoms with Gasteiger partial charge in [0.25, 0.3) is 6.02 Å². The maximum absolute atomic E-state index is 5.95. The van der Waals surface area contributed by atoms with Gasteiger partial charge in [-0.05, 0) is 65.1 Å². The smallest absolute Gasteiger partial charge is 0.283 e. The van der Waals surface area contributed by atoms with Crippen LogP contribution < -0.4 is 15.2 Å². The van der Waals surface area contributed by atoms with E-state index in [0.717, 1.165) is 39.3 Å². The van der Waals surface area contributed by atoms with Crippen molar-refractivity contribution in [1.29, 1.82) is 0 Å². The zero-order valence-corrected chi connectivity index (χ0v) is 16.8. The SMILES string of the molecule is COc1cccc(-c2cccc(C3(c4ccc(OC)c(C)c4)COC(N)=N3)c2)c1. The minimum atomic E-state index is -0.698. The molecule has 5 nitrogen and oxygen atoms in total. The number of amidine groups is 1. The monoisotopic (exact) mass is 388 g/mol. The highest BCUT2D eigenvalue weighted by molar-refractivity contribution is 5.76. The fraction of sp³-hybridized carbons (Fsp3) is 0.208. The van der Waals surface area contributed by atoms with E-state index in [-0.39, 0.29) is 6.02 Å². The zero-order valence-electron chi connectivity index (χ0n) is 16.8. The van der Waals surface area contributed by atoms with E-state index in [1.165, 1.54) is 0 Å². The third-order valence-electron chi connectivity index (χ3n) is 5.35. The molecule has 5 heteroatoms. The Morgan fingerprint density at radius 2 is 1.62 bits per heavy atom. The van der Waals surface area contributed by atoms with Crippen LogP contribution in [0, 0.1) is 6.92 Å². The van der Waals surface area contributed by atoms with Crippen LogP contribution in [0.25, 0.3) is 11.1 Å². The summed E-state index contributed by atoms with van der Waals surface area (Å²) in [6.45, 7) is 2.37. The van der Waals surface area contributed by atoms with Gasteiger partial charge in [-0.1, -0.05) is 36.4 Å². The first kappa shape index (κ1) is 18.9. The molecule has 1 unspecified atom stereocenters. The van der Waals surface area contributed by atoms with Crippen LogP contribution in [-0.4, -0.2) is 26.8 Å². The van der Waals surface area contributed by atoms with Crippen molar-refractivity contribution in [2.24, 2.45) is 10.7 Å². The molecule has 0 radical (unpaired) electrons. The van der Waals surface area contributed by atoms with Gasteiger partial charge in [0.15, 0.2) is 5.54 Å². The second-order valence-electron chi connectivity index (χ2n) is 7.10. The van der Waals surface area contributed by atoms with Gasteiger partial charge in [-0.2, -0.15) is 0 Å². The maximum atomic E-state index is 5.95. The lowest BCUT2D eigenvalue weighted by Crippen LogP contribution is -2.27. The second kappa shape index (κ2) is 7.51. The van der Waals surface area contributed by atoms with Crippen molar-refractivity contribution in [1.82, 2.24) is 0 Å². The predicted octanol–water partition coefficient (Wildman–Crippen LogP) is 4.27. The highest BCUT2D eigenvalue weighted by atomic mass is 16.5. The summed E-state index contributed by atoms with van der Waals surface area (Å²) >= 11 is 0. The summed E-state index contributed by atoms with van der Waals surface area (Å²) in [5.41, 5.74) is 10.5. The summed E-state index contributed by atoms with van der Waals surface area (Å²) in [4.78, 5) is 4.73. The first-order valence-corrected chi connectivity index (χ1v) is 9.44. The lowest BCUT2D eigenvalue weighted by Gasteiger charge is -2.26. The molecule has 1 aliphatic rings. The van der Waals surface area contributed by atoms with E-state index in [1.54, 1.807) is 14.2 Å². The molecular weight excluding hydrogens is 364 g/mol. The number of aliphatic imine (C=N–C) groups is 1. The quantitative estimate of drug-likeness (QED) is 0.709. The van der Waals surface area contributed by atoms with Gasteiger partial charge in [-0.15, -0.1) is 0 Å². The molecule has 3 aromatic carbocycles. The molecule has 0 saturated carbocycles.